The van der Waals surface area contributed by atoms with E-state index in [0.717, 1.165) is 28.1 Å². The lowest BCUT2D eigenvalue weighted by atomic mass is 10.1. The average Bonchev–Trinajstić information content (AvgIpc) is 2.37. The lowest BCUT2D eigenvalue weighted by molar-refractivity contribution is -0.122. The Balaban J connectivity index is 2.02. The van der Waals surface area contributed by atoms with Crippen LogP contribution in [0.15, 0.2) is 42.5 Å². The van der Waals surface area contributed by atoms with Gasteiger partial charge in [0.25, 0.3) is 5.91 Å². The lowest BCUT2D eigenvalue weighted by Crippen LogP contribution is -2.30. The van der Waals surface area contributed by atoms with Gasteiger partial charge in [-0.2, -0.15) is 0 Å². The van der Waals surface area contributed by atoms with Crippen molar-refractivity contribution >= 4 is 11.6 Å². The third-order valence-electron chi connectivity index (χ3n) is 3.16. The molecule has 0 spiro atoms. The number of nitrogens with one attached hydrogen (secondary N) is 1. The molecule has 0 fully saturated rings. The monoisotopic (exact) mass is 283 g/mol. The van der Waals surface area contributed by atoms with Crippen LogP contribution >= 0.6 is 0 Å². The number of carbonyl (C=O) groups excluding carboxylic acids is 1. The third-order valence-corrected chi connectivity index (χ3v) is 3.16. The van der Waals surface area contributed by atoms with Crippen molar-refractivity contribution < 1.29 is 9.53 Å². The molecule has 0 aliphatic rings. The minimum atomic E-state index is -0.549. The number of benzene rings is 2. The van der Waals surface area contributed by atoms with E-state index in [0.29, 0.717) is 0 Å². The summed E-state index contributed by atoms with van der Waals surface area (Å²) in [5, 5.41) is 2.87. The van der Waals surface area contributed by atoms with Crippen molar-refractivity contribution in [3.8, 4) is 5.75 Å². The second kappa shape index (κ2) is 6.44. The van der Waals surface area contributed by atoms with Crippen molar-refractivity contribution in [2.24, 2.45) is 0 Å². The topological polar surface area (TPSA) is 38.3 Å². The average molecular weight is 283 g/mol. The van der Waals surface area contributed by atoms with Gasteiger partial charge in [-0.05, 0) is 68.7 Å². The van der Waals surface area contributed by atoms with Crippen molar-refractivity contribution in [1.82, 2.24) is 0 Å². The quantitative estimate of drug-likeness (QED) is 0.920. The van der Waals surface area contributed by atoms with E-state index in [1.165, 1.54) is 0 Å². The van der Waals surface area contributed by atoms with Crippen LogP contribution in [-0.4, -0.2) is 12.0 Å². The van der Waals surface area contributed by atoms with Gasteiger partial charge in [-0.15, -0.1) is 0 Å². The molecule has 2 aromatic carbocycles. The fraction of sp³-hybridized carbons (Fsp3) is 0.278. The smallest absolute Gasteiger partial charge is 0.265 e. The maximum absolute atomic E-state index is 12.2. The van der Waals surface area contributed by atoms with E-state index in [4.69, 9.17) is 4.74 Å². The molecule has 0 aromatic heterocycles. The fourth-order valence-corrected chi connectivity index (χ4v) is 2.23. The molecule has 0 radical (unpaired) electrons. The zero-order valence-corrected chi connectivity index (χ0v) is 12.9. The Bertz CT molecular complexity index is 629. The highest BCUT2D eigenvalue weighted by molar-refractivity contribution is 5.94. The first kappa shape index (κ1) is 15.1. The molecule has 0 aliphatic heterocycles. The van der Waals surface area contributed by atoms with Crippen molar-refractivity contribution in [3.63, 3.8) is 0 Å². The largest absolute Gasteiger partial charge is 0.481 e. The summed E-state index contributed by atoms with van der Waals surface area (Å²) >= 11 is 0. The number of carbonyl (C=O) groups is 1. The van der Waals surface area contributed by atoms with Gasteiger partial charge in [-0.25, -0.2) is 0 Å². The predicted molar refractivity (Wildman–Crippen MR) is 85.8 cm³/mol. The molecule has 3 heteroatoms. The zero-order valence-electron chi connectivity index (χ0n) is 12.9. The predicted octanol–water partition coefficient (Wildman–Crippen LogP) is 4.02. The molecule has 21 heavy (non-hydrogen) atoms. The van der Waals surface area contributed by atoms with Crippen LogP contribution in [0, 0.1) is 20.8 Å². The van der Waals surface area contributed by atoms with E-state index in [9.17, 15) is 4.79 Å². The van der Waals surface area contributed by atoms with Crippen LogP contribution in [0.1, 0.15) is 23.6 Å². The molecule has 0 saturated heterocycles. The molecule has 110 valence electrons. The van der Waals surface area contributed by atoms with Crippen LogP contribution in [-0.2, 0) is 4.79 Å². The summed E-state index contributed by atoms with van der Waals surface area (Å²) in [5.41, 5.74) is 4.14. The standard InChI is InChI=1S/C18H21NO2/c1-12-6-5-7-16(9-12)19-18(20)15(4)21-17-10-13(2)8-14(3)11-17/h5-11,15H,1-4H3,(H,19,20)/t15-/m1/s1. The summed E-state index contributed by atoms with van der Waals surface area (Å²) in [6.07, 6.45) is -0.549. The number of hydrogen-bond acceptors (Lipinski definition) is 2. The maximum Gasteiger partial charge on any atom is 0.265 e. The van der Waals surface area contributed by atoms with Gasteiger partial charge in [0.15, 0.2) is 6.10 Å². The van der Waals surface area contributed by atoms with Crippen molar-refractivity contribution in [3.05, 3.63) is 59.2 Å². The molecule has 0 saturated carbocycles. The van der Waals surface area contributed by atoms with E-state index in [2.05, 4.69) is 11.4 Å². The minimum absolute atomic E-state index is 0.153. The second-order valence-corrected chi connectivity index (χ2v) is 5.44. The molecule has 1 N–H and O–H groups in total. The normalized spacial score (nSPS) is 11.8. The SMILES string of the molecule is Cc1cccc(NC(=O)[C@@H](C)Oc2cc(C)cc(C)c2)c1. The summed E-state index contributed by atoms with van der Waals surface area (Å²) in [5.74, 6) is 0.569. The van der Waals surface area contributed by atoms with Gasteiger partial charge in [0, 0.05) is 5.69 Å². The summed E-state index contributed by atoms with van der Waals surface area (Å²) in [6.45, 7) is 7.77. The van der Waals surface area contributed by atoms with Crippen LogP contribution in [0.25, 0.3) is 0 Å². The molecular formula is C18H21NO2. The van der Waals surface area contributed by atoms with E-state index in [1.54, 1.807) is 6.92 Å². The van der Waals surface area contributed by atoms with Crippen LogP contribution < -0.4 is 10.1 Å². The van der Waals surface area contributed by atoms with Gasteiger partial charge >= 0.3 is 0 Å². The Morgan fingerprint density at radius 3 is 2.29 bits per heavy atom. The first-order chi connectivity index (χ1) is 9.94. The van der Waals surface area contributed by atoms with Crippen molar-refractivity contribution in [1.29, 1.82) is 0 Å². The molecule has 3 nitrogen and oxygen atoms in total. The van der Waals surface area contributed by atoms with Crippen LogP contribution in [0.5, 0.6) is 5.75 Å². The zero-order chi connectivity index (χ0) is 15.4. The number of aryl methyl sites for hydroxylation is 3. The van der Waals surface area contributed by atoms with E-state index >= 15 is 0 Å². The summed E-state index contributed by atoms with van der Waals surface area (Å²) in [4.78, 5) is 12.2. The van der Waals surface area contributed by atoms with Gasteiger partial charge in [0.2, 0.25) is 0 Å². The Labute approximate surface area is 126 Å². The van der Waals surface area contributed by atoms with E-state index in [-0.39, 0.29) is 5.91 Å². The van der Waals surface area contributed by atoms with Gasteiger partial charge in [0.05, 0.1) is 0 Å². The highest BCUT2D eigenvalue weighted by Crippen LogP contribution is 2.18. The molecule has 0 unspecified atom stereocenters. The first-order valence-corrected chi connectivity index (χ1v) is 7.06. The van der Waals surface area contributed by atoms with Gasteiger partial charge < -0.3 is 10.1 Å². The Kier molecular flexibility index (Phi) is 4.63. The Hall–Kier alpha value is -2.29. The fourth-order valence-electron chi connectivity index (χ4n) is 2.23. The molecule has 2 rings (SSSR count). The van der Waals surface area contributed by atoms with Crippen molar-refractivity contribution in [2.45, 2.75) is 33.8 Å². The molecule has 0 heterocycles. The summed E-state index contributed by atoms with van der Waals surface area (Å²) in [6, 6.07) is 13.7. The maximum atomic E-state index is 12.2. The Morgan fingerprint density at radius 1 is 1.00 bits per heavy atom. The van der Waals surface area contributed by atoms with Gasteiger partial charge in [-0.3, -0.25) is 4.79 Å². The molecule has 2 aromatic rings. The number of anilines is 1. The summed E-state index contributed by atoms with van der Waals surface area (Å²) in [7, 11) is 0. The molecule has 1 amide bonds. The van der Waals surface area contributed by atoms with Crippen LogP contribution in [0.3, 0.4) is 0 Å². The highest BCUT2D eigenvalue weighted by atomic mass is 16.5. The molecule has 0 aliphatic carbocycles. The second-order valence-electron chi connectivity index (χ2n) is 5.44. The van der Waals surface area contributed by atoms with E-state index in [1.807, 2.05) is 57.2 Å². The highest BCUT2D eigenvalue weighted by Gasteiger charge is 2.15. The van der Waals surface area contributed by atoms with Crippen LogP contribution in [0.4, 0.5) is 5.69 Å². The lowest BCUT2D eigenvalue weighted by Gasteiger charge is -2.16. The third kappa shape index (κ3) is 4.35. The summed E-state index contributed by atoms with van der Waals surface area (Å²) < 4.78 is 5.73. The number of amides is 1. The molecule has 0 bridgehead atoms. The minimum Gasteiger partial charge on any atom is -0.481 e. The number of rotatable bonds is 4. The first-order valence-electron chi connectivity index (χ1n) is 7.06. The number of ether oxygens (including phenoxy) is 1. The van der Waals surface area contributed by atoms with Gasteiger partial charge in [0.1, 0.15) is 5.75 Å². The number of hydrogen-bond donors (Lipinski definition) is 1. The van der Waals surface area contributed by atoms with Crippen LogP contribution in [0.2, 0.25) is 0 Å². The van der Waals surface area contributed by atoms with E-state index < -0.39 is 6.10 Å². The molecule has 1 atom stereocenters. The molecular weight excluding hydrogens is 262 g/mol. The Morgan fingerprint density at radius 2 is 1.67 bits per heavy atom. The van der Waals surface area contributed by atoms with Crippen molar-refractivity contribution in [2.75, 3.05) is 5.32 Å². The van der Waals surface area contributed by atoms with Gasteiger partial charge in [-0.1, -0.05) is 18.2 Å².